The maximum atomic E-state index is 12.9. The highest BCUT2D eigenvalue weighted by atomic mass is 19.4. The molecule has 0 heterocycles. The third-order valence-corrected chi connectivity index (χ3v) is 1.83. The number of carbonyl (C=O) groups excluding carboxylic acids is 1. The molecule has 6 heteroatoms. The maximum absolute atomic E-state index is 12.9. The molecule has 0 bridgehead atoms. The van der Waals surface area contributed by atoms with Crippen LogP contribution in [0.4, 0.5) is 17.6 Å². The maximum Gasteiger partial charge on any atom is 0.416 e. The van der Waals surface area contributed by atoms with Gasteiger partial charge >= 0.3 is 6.18 Å². The number of benzene rings is 1. The normalized spacial score (nSPS) is 11.3. The van der Waals surface area contributed by atoms with E-state index in [2.05, 4.69) is 5.32 Å². The monoisotopic (exact) mass is 235 g/mol. The summed E-state index contributed by atoms with van der Waals surface area (Å²) in [6.45, 7) is 1.10. The van der Waals surface area contributed by atoms with E-state index >= 15 is 0 Å². The van der Waals surface area contributed by atoms with Gasteiger partial charge < -0.3 is 5.32 Å². The van der Waals surface area contributed by atoms with Gasteiger partial charge in [-0.25, -0.2) is 4.39 Å². The van der Waals surface area contributed by atoms with Crippen LogP contribution >= 0.6 is 0 Å². The van der Waals surface area contributed by atoms with Crippen LogP contribution in [0, 0.1) is 5.82 Å². The summed E-state index contributed by atoms with van der Waals surface area (Å²) < 4.78 is 49.7. The lowest BCUT2D eigenvalue weighted by atomic mass is 10.1. The number of hydrogen-bond acceptors (Lipinski definition) is 1. The summed E-state index contributed by atoms with van der Waals surface area (Å²) in [7, 11) is 0. The molecule has 0 fully saturated rings. The van der Waals surface area contributed by atoms with Gasteiger partial charge in [0, 0.05) is 13.5 Å². The summed E-state index contributed by atoms with van der Waals surface area (Å²) in [5.41, 5.74) is -0.990. The zero-order chi connectivity index (χ0) is 12.3. The van der Waals surface area contributed by atoms with Crippen molar-refractivity contribution in [3.8, 4) is 0 Å². The van der Waals surface area contributed by atoms with Crippen molar-refractivity contribution in [1.82, 2.24) is 5.32 Å². The average molecular weight is 235 g/mol. The van der Waals surface area contributed by atoms with Crippen molar-refractivity contribution in [3.63, 3.8) is 0 Å². The predicted molar refractivity (Wildman–Crippen MR) is 48.9 cm³/mol. The molecular formula is C10H9F4NO. The van der Waals surface area contributed by atoms with Crippen molar-refractivity contribution in [2.75, 3.05) is 0 Å². The Kier molecular flexibility index (Phi) is 3.51. The Bertz CT molecular complexity index is 400. The summed E-state index contributed by atoms with van der Waals surface area (Å²) in [6, 6.07) is 2.17. The van der Waals surface area contributed by atoms with E-state index in [1.165, 1.54) is 6.92 Å². The molecule has 0 aliphatic heterocycles. The lowest BCUT2D eigenvalue weighted by Crippen LogP contribution is -2.19. The second-order valence-corrected chi connectivity index (χ2v) is 3.26. The summed E-state index contributed by atoms with van der Waals surface area (Å²) >= 11 is 0. The standard InChI is InChI=1S/C10H9F4NO/c1-6(16)15-5-7-2-8(10(12,13)14)4-9(11)3-7/h2-4H,5H2,1H3,(H,15,16). The number of amides is 1. The topological polar surface area (TPSA) is 29.1 Å². The molecule has 1 amide bonds. The summed E-state index contributed by atoms with van der Waals surface area (Å²) in [4.78, 5) is 10.6. The van der Waals surface area contributed by atoms with Gasteiger partial charge in [0.1, 0.15) is 5.82 Å². The van der Waals surface area contributed by atoms with Crippen LogP contribution in [0.3, 0.4) is 0 Å². The third kappa shape index (κ3) is 3.52. The van der Waals surface area contributed by atoms with E-state index in [0.29, 0.717) is 6.07 Å². The minimum atomic E-state index is -4.59. The highest BCUT2D eigenvalue weighted by Crippen LogP contribution is 2.30. The zero-order valence-corrected chi connectivity index (χ0v) is 8.36. The number of halogens is 4. The molecule has 0 saturated heterocycles. The molecule has 0 spiro atoms. The third-order valence-electron chi connectivity index (χ3n) is 1.83. The molecule has 0 saturated carbocycles. The van der Waals surface area contributed by atoms with Gasteiger partial charge in [0.05, 0.1) is 5.56 Å². The van der Waals surface area contributed by atoms with Gasteiger partial charge in [0.25, 0.3) is 0 Å². The molecule has 0 aromatic heterocycles. The SMILES string of the molecule is CC(=O)NCc1cc(F)cc(C(F)(F)F)c1. The Balaban J connectivity index is 2.94. The van der Waals surface area contributed by atoms with Gasteiger partial charge in [-0.15, -0.1) is 0 Å². The van der Waals surface area contributed by atoms with Crippen LogP contribution < -0.4 is 5.32 Å². The van der Waals surface area contributed by atoms with Crippen molar-refractivity contribution in [2.24, 2.45) is 0 Å². The quantitative estimate of drug-likeness (QED) is 0.784. The molecule has 2 nitrogen and oxygen atoms in total. The smallest absolute Gasteiger partial charge is 0.352 e. The minimum absolute atomic E-state index is 0.0718. The lowest BCUT2D eigenvalue weighted by molar-refractivity contribution is -0.137. The molecule has 0 radical (unpaired) electrons. The summed E-state index contributed by atoms with van der Waals surface area (Å²) in [6.07, 6.45) is -4.59. The second kappa shape index (κ2) is 4.51. The van der Waals surface area contributed by atoms with Crippen LogP contribution in [0.25, 0.3) is 0 Å². The Morgan fingerprint density at radius 3 is 2.44 bits per heavy atom. The van der Waals surface area contributed by atoms with Crippen LogP contribution in [0.2, 0.25) is 0 Å². The molecule has 16 heavy (non-hydrogen) atoms. The molecule has 1 aromatic carbocycles. The van der Waals surface area contributed by atoms with E-state index in [4.69, 9.17) is 0 Å². The first-order valence-electron chi connectivity index (χ1n) is 4.40. The fraction of sp³-hybridized carbons (Fsp3) is 0.300. The van der Waals surface area contributed by atoms with Crippen LogP contribution in [0.1, 0.15) is 18.1 Å². The molecule has 0 atom stereocenters. The van der Waals surface area contributed by atoms with Gasteiger partial charge in [0.15, 0.2) is 0 Å². The predicted octanol–water partition coefficient (Wildman–Crippen LogP) is 2.48. The fourth-order valence-corrected chi connectivity index (χ4v) is 1.14. The Morgan fingerprint density at radius 2 is 1.94 bits per heavy atom. The van der Waals surface area contributed by atoms with Crippen LogP contribution in [-0.2, 0) is 17.5 Å². The lowest BCUT2D eigenvalue weighted by Gasteiger charge is -2.09. The molecule has 1 rings (SSSR count). The molecule has 1 N–H and O–H groups in total. The van der Waals surface area contributed by atoms with Crippen LogP contribution in [0.15, 0.2) is 18.2 Å². The second-order valence-electron chi connectivity index (χ2n) is 3.26. The summed E-state index contributed by atoms with van der Waals surface area (Å²) in [5.74, 6) is -1.37. The van der Waals surface area contributed by atoms with Gasteiger partial charge in [-0.3, -0.25) is 4.79 Å². The van der Waals surface area contributed by atoms with Crippen molar-refractivity contribution < 1.29 is 22.4 Å². The molecule has 1 aromatic rings. The highest BCUT2D eigenvalue weighted by molar-refractivity contribution is 5.72. The number of alkyl halides is 3. The van der Waals surface area contributed by atoms with Gasteiger partial charge in [-0.2, -0.15) is 13.2 Å². The van der Waals surface area contributed by atoms with Crippen molar-refractivity contribution >= 4 is 5.91 Å². The van der Waals surface area contributed by atoms with Gasteiger partial charge in [0.2, 0.25) is 5.91 Å². The molecule has 0 aliphatic rings. The van der Waals surface area contributed by atoms with Gasteiger partial charge in [-0.05, 0) is 23.8 Å². The van der Waals surface area contributed by atoms with Crippen LogP contribution in [-0.4, -0.2) is 5.91 Å². The Hall–Kier alpha value is -1.59. The number of nitrogens with one attached hydrogen (secondary N) is 1. The Morgan fingerprint density at radius 1 is 1.31 bits per heavy atom. The van der Waals surface area contributed by atoms with Gasteiger partial charge in [-0.1, -0.05) is 0 Å². The Labute approximate surface area is 89.3 Å². The van der Waals surface area contributed by atoms with E-state index in [1.807, 2.05) is 0 Å². The molecule has 0 aliphatic carbocycles. The van der Waals surface area contributed by atoms with Crippen LogP contribution in [0.5, 0.6) is 0 Å². The van der Waals surface area contributed by atoms with Crippen molar-refractivity contribution in [1.29, 1.82) is 0 Å². The van der Waals surface area contributed by atoms with E-state index in [-0.39, 0.29) is 12.1 Å². The van der Waals surface area contributed by atoms with E-state index < -0.39 is 23.5 Å². The zero-order valence-electron chi connectivity index (χ0n) is 8.36. The first-order valence-corrected chi connectivity index (χ1v) is 4.40. The number of hydrogen-bond donors (Lipinski definition) is 1. The van der Waals surface area contributed by atoms with E-state index in [0.717, 1.165) is 12.1 Å². The number of carbonyl (C=O) groups is 1. The molecular weight excluding hydrogens is 226 g/mol. The number of rotatable bonds is 2. The summed E-state index contributed by atoms with van der Waals surface area (Å²) in [5, 5.41) is 2.29. The molecule has 0 unspecified atom stereocenters. The first-order chi connectivity index (χ1) is 7.29. The van der Waals surface area contributed by atoms with Crippen molar-refractivity contribution in [2.45, 2.75) is 19.6 Å². The van der Waals surface area contributed by atoms with Crippen molar-refractivity contribution in [3.05, 3.63) is 35.1 Å². The fourth-order valence-electron chi connectivity index (χ4n) is 1.14. The average Bonchev–Trinajstić information content (AvgIpc) is 2.12. The molecule has 88 valence electrons. The van der Waals surface area contributed by atoms with E-state index in [1.54, 1.807) is 0 Å². The van der Waals surface area contributed by atoms with E-state index in [9.17, 15) is 22.4 Å². The largest absolute Gasteiger partial charge is 0.416 e. The minimum Gasteiger partial charge on any atom is -0.352 e. The highest BCUT2D eigenvalue weighted by Gasteiger charge is 2.31. The first kappa shape index (κ1) is 12.5.